The first-order chi connectivity index (χ1) is 31.8. The van der Waals surface area contributed by atoms with Crippen LogP contribution in [0.1, 0.15) is 113 Å². The number of anilines is 1. The van der Waals surface area contributed by atoms with Crippen LogP contribution < -0.4 is 15.0 Å². The number of H-pyrrole nitrogens is 2. The number of fused-ring (bicyclic) bond motifs is 2. The van der Waals surface area contributed by atoms with E-state index in [9.17, 15) is 37.5 Å². The number of rotatable bonds is 12. The molecule has 5 heterocycles. The first-order valence-electron chi connectivity index (χ1n) is 22.6. The molecule has 6 atom stereocenters. The molecule has 0 unspecified atom stereocenters. The number of methoxy groups -OCH3 is 1. The van der Waals surface area contributed by atoms with E-state index in [1.165, 1.54) is 26.3 Å². The van der Waals surface area contributed by atoms with Crippen LogP contribution in [-0.2, 0) is 14.3 Å². The predicted molar refractivity (Wildman–Crippen MR) is 243 cm³/mol. The highest BCUT2D eigenvalue weighted by Crippen LogP contribution is 2.49. The molecule has 3 saturated heterocycles. The van der Waals surface area contributed by atoms with Gasteiger partial charge in [-0.1, -0.05) is 51.4 Å². The summed E-state index contributed by atoms with van der Waals surface area (Å²) in [5.74, 6) is -0.235. The van der Waals surface area contributed by atoms with Crippen LogP contribution >= 0.6 is 11.6 Å². The van der Waals surface area contributed by atoms with Gasteiger partial charge < -0.3 is 44.6 Å². The van der Waals surface area contributed by atoms with Crippen LogP contribution in [0.5, 0.6) is 5.75 Å². The Balaban J connectivity index is 1.11. The Hall–Kier alpha value is -6.24. The molecule has 3 aromatic carbocycles. The van der Waals surface area contributed by atoms with Crippen molar-refractivity contribution in [2.24, 2.45) is 11.8 Å². The van der Waals surface area contributed by atoms with Gasteiger partial charge in [-0.15, -0.1) is 13.2 Å². The Bertz CT molecular complexity index is 2670. The molecule has 358 valence electrons. The third-order valence-corrected chi connectivity index (χ3v) is 13.6. The fourth-order valence-corrected chi connectivity index (χ4v) is 10.4. The number of aromatic nitrogens is 4. The number of imidazole rings is 2. The zero-order valence-corrected chi connectivity index (χ0v) is 38.8. The molecule has 3 aliphatic heterocycles. The molecular formula is C47H55ClF3N9O7. The van der Waals surface area contributed by atoms with E-state index < -0.39 is 36.4 Å². The first-order valence-corrected chi connectivity index (χ1v) is 22.9. The normalized spacial score (nSPS) is 20.9. The van der Waals surface area contributed by atoms with Gasteiger partial charge in [0.15, 0.2) is 0 Å². The minimum Gasteiger partial charge on any atom is -0.465 e. The average molecular weight is 950 g/mol. The van der Waals surface area contributed by atoms with Crippen molar-refractivity contribution in [3.05, 3.63) is 82.4 Å². The van der Waals surface area contributed by atoms with Crippen molar-refractivity contribution in [2.45, 2.75) is 109 Å². The largest absolute Gasteiger partial charge is 0.573 e. The highest BCUT2D eigenvalue weighted by atomic mass is 35.5. The molecule has 3 fully saturated rings. The molecule has 0 spiro atoms. The second-order valence-corrected chi connectivity index (χ2v) is 18.7. The van der Waals surface area contributed by atoms with Crippen LogP contribution in [0.4, 0.5) is 28.4 Å². The van der Waals surface area contributed by atoms with Gasteiger partial charge in [0.2, 0.25) is 11.8 Å². The lowest BCUT2D eigenvalue weighted by Gasteiger charge is -2.33. The van der Waals surface area contributed by atoms with Gasteiger partial charge in [-0.25, -0.2) is 19.6 Å². The lowest BCUT2D eigenvalue weighted by atomic mass is 10.0. The number of amides is 4. The van der Waals surface area contributed by atoms with Crippen molar-refractivity contribution in [3.63, 3.8) is 0 Å². The zero-order chi connectivity index (χ0) is 48.1. The number of aromatic amines is 2. The number of carboxylic acid groups (broad SMARTS) is 1. The van der Waals surface area contributed by atoms with Crippen LogP contribution in [0.3, 0.4) is 0 Å². The number of hydrogen-bond donors (Lipinski definition) is 4. The number of carbonyl (C=O) groups excluding carboxylic acids is 3. The molecule has 2 aromatic heterocycles. The van der Waals surface area contributed by atoms with E-state index >= 15 is 0 Å². The zero-order valence-electron chi connectivity index (χ0n) is 38.1. The Morgan fingerprint density at radius 1 is 0.791 bits per heavy atom. The third kappa shape index (κ3) is 9.51. The van der Waals surface area contributed by atoms with Crippen molar-refractivity contribution < 1.29 is 46.9 Å². The fraction of sp³-hybridized carbons (Fsp3) is 0.489. The standard InChI is InChI=1S/C47H55ClF3N9O7/c1-24(2)39(56-45(63)66-6)43(61)58-19-7-9-36(58)41-52-30-14-11-26(21-32(30)54-41)34-16-17-35(60(34)28-13-18-38(29(48)23-28)67-47(49,50)51)27-12-15-31-33(22-27)55-42(53-31)37-10-8-20-59(37)44(62)40(25(3)4)57(5)46(64)65/h11-15,18,21-25,34-37,39-40H,7-10,16-17,19-20H2,1-6H3,(H,52,54)(H,53,55)(H,56,63)(H,64,65)/t34-,35-,36+,37+,39+,40+/m1/s1. The van der Waals surface area contributed by atoms with E-state index in [4.69, 9.17) is 26.3 Å². The molecule has 0 radical (unpaired) electrons. The van der Waals surface area contributed by atoms with Gasteiger partial charge in [-0.05, 0) is 104 Å². The summed E-state index contributed by atoms with van der Waals surface area (Å²) in [6, 6.07) is 13.2. The van der Waals surface area contributed by atoms with Gasteiger partial charge >= 0.3 is 18.5 Å². The van der Waals surface area contributed by atoms with Crippen molar-refractivity contribution in [1.82, 2.24) is 40.0 Å². The quantitative estimate of drug-likeness (QED) is 0.0938. The van der Waals surface area contributed by atoms with E-state index in [1.807, 2.05) is 64.1 Å². The van der Waals surface area contributed by atoms with Gasteiger partial charge in [-0.2, -0.15) is 0 Å². The Morgan fingerprint density at radius 3 is 1.79 bits per heavy atom. The van der Waals surface area contributed by atoms with Crippen molar-refractivity contribution in [1.29, 1.82) is 0 Å². The minimum absolute atomic E-state index is 0.190. The molecule has 8 rings (SSSR count). The van der Waals surface area contributed by atoms with Crippen LogP contribution in [0.15, 0.2) is 54.6 Å². The lowest BCUT2D eigenvalue weighted by Crippen LogP contribution is -2.51. The number of likely N-dealkylation sites (tertiary alicyclic amines) is 2. The van der Waals surface area contributed by atoms with E-state index in [1.54, 1.807) is 15.9 Å². The molecule has 3 aliphatic rings. The van der Waals surface area contributed by atoms with Gasteiger partial charge in [0.1, 0.15) is 29.5 Å². The van der Waals surface area contributed by atoms with E-state index in [-0.39, 0.29) is 52.8 Å². The monoisotopic (exact) mass is 949 g/mol. The molecule has 16 nitrogen and oxygen atoms in total. The van der Waals surface area contributed by atoms with Gasteiger partial charge in [0.05, 0.1) is 58.4 Å². The van der Waals surface area contributed by atoms with Crippen molar-refractivity contribution >= 4 is 63.4 Å². The van der Waals surface area contributed by atoms with Gasteiger partial charge in [0, 0.05) is 25.8 Å². The summed E-state index contributed by atoms with van der Waals surface area (Å²) in [7, 11) is 2.66. The van der Waals surface area contributed by atoms with Crippen LogP contribution in [0.25, 0.3) is 22.1 Å². The maximum atomic E-state index is 13.9. The molecule has 0 saturated carbocycles. The molecule has 4 amide bonds. The number of benzene rings is 3. The summed E-state index contributed by atoms with van der Waals surface area (Å²) in [4.78, 5) is 75.3. The van der Waals surface area contributed by atoms with Crippen LogP contribution in [-0.4, -0.2) is 109 Å². The highest BCUT2D eigenvalue weighted by molar-refractivity contribution is 6.32. The molecular weight excluding hydrogens is 895 g/mol. The molecule has 0 bridgehead atoms. The van der Waals surface area contributed by atoms with E-state index in [0.29, 0.717) is 67.1 Å². The molecule has 5 aromatic rings. The Morgan fingerprint density at radius 2 is 1.33 bits per heavy atom. The average Bonchev–Trinajstić information content (AvgIpc) is 4.13. The predicted octanol–water partition coefficient (Wildman–Crippen LogP) is 9.42. The number of ether oxygens (including phenoxy) is 2. The summed E-state index contributed by atoms with van der Waals surface area (Å²) < 4.78 is 49.0. The van der Waals surface area contributed by atoms with Gasteiger partial charge in [-0.3, -0.25) is 14.5 Å². The smallest absolute Gasteiger partial charge is 0.465 e. The number of halogens is 4. The first kappa shape index (κ1) is 47.3. The summed E-state index contributed by atoms with van der Waals surface area (Å²) in [6.07, 6.45) is -2.68. The van der Waals surface area contributed by atoms with Crippen LogP contribution in [0, 0.1) is 11.8 Å². The SMILES string of the molecule is COC(=O)N[C@H](C(=O)N1CCC[C@H]1c1nc2cc([C@H]3CC[C@H](c4ccc5[nH]c([C@@H]6CCCN6C(=O)[C@H](C(C)C)N(C)C(=O)O)nc5c4)N3c3ccc(OC(F)(F)F)c(Cl)c3)ccc2[nH]1)C(C)C. The number of alkyl halides is 3. The summed E-state index contributed by atoms with van der Waals surface area (Å²) in [6.45, 7) is 8.33. The highest BCUT2D eigenvalue weighted by Gasteiger charge is 2.42. The Labute approximate surface area is 390 Å². The lowest BCUT2D eigenvalue weighted by molar-refractivity contribution is -0.274. The third-order valence-electron chi connectivity index (χ3n) is 13.3. The number of nitrogens with zero attached hydrogens (tertiary/aromatic N) is 6. The second-order valence-electron chi connectivity index (χ2n) is 18.3. The fourth-order valence-electron chi connectivity index (χ4n) is 10.2. The summed E-state index contributed by atoms with van der Waals surface area (Å²) >= 11 is 6.50. The van der Waals surface area contributed by atoms with Crippen LogP contribution in [0.2, 0.25) is 5.02 Å². The molecule has 67 heavy (non-hydrogen) atoms. The number of likely N-dealkylation sites (N-methyl/N-ethyl adjacent to an activating group) is 1. The minimum atomic E-state index is -4.94. The number of carbonyl (C=O) groups is 4. The number of alkyl carbamates (subject to hydrolysis) is 1. The number of hydrogen-bond acceptors (Lipinski definition) is 9. The molecule has 20 heteroatoms. The maximum absolute atomic E-state index is 13.9. The second kappa shape index (κ2) is 18.8. The van der Waals surface area contributed by atoms with Crippen molar-refractivity contribution in [3.8, 4) is 5.75 Å². The topological polar surface area (TPSA) is 189 Å². The molecule has 4 N–H and O–H groups in total. The maximum Gasteiger partial charge on any atom is 0.573 e. The van der Waals surface area contributed by atoms with Crippen molar-refractivity contribution in [2.75, 3.05) is 32.1 Å². The molecule has 0 aliphatic carbocycles. The van der Waals surface area contributed by atoms with E-state index in [2.05, 4.69) is 24.9 Å². The Kier molecular flexibility index (Phi) is 13.3. The van der Waals surface area contributed by atoms with Gasteiger partial charge in [0.25, 0.3) is 0 Å². The summed E-state index contributed by atoms with van der Waals surface area (Å²) in [5.41, 5.74) is 5.23. The van der Waals surface area contributed by atoms with E-state index in [0.717, 1.165) is 39.9 Å². The summed E-state index contributed by atoms with van der Waals surface area (Å²) in [5, 5.41) is 12.2. The number of nitrogens with one attached hydrogen (secondary N) is 3.